The Labute approximate surface area is 212 Å². The molecule has 1 heterocycles. The molecular weight excluding hydrogens is 452 g/mol. The number of benzene rings is 3. The average Bonchev–Trinajstić information content (AvgIpc) is 2.95. The summed E-state index contributed by atoms with van der Waals surface area (Å²) in [5, 5.41) is 20.6. The predicted octanol–water partition coefficient (Wildman–Crippen LogP) is 5.25. The van der Waals surface area contributed by atoms with Gasteiger partial charge in [0.2, 0.25) is 0 Å². The molecule has 0 amide bonds. The van der Waals surface area contributed by atoms with E-state index in [0.717, 1.165) is 53.4 Å². The maximum Gasteiger partial charge on any atom is 0.125 e. The SMILES string of the molecule is COc1ccc(C2N([C@@H](C#N)c3ccc(OC)cc3)CCCN2[C@@H](C#N)c2ccc(OC)cc2)cc1. The fraction of sp³-hybridized carbons (Fsp3) is 0.310. The minimum Gasteiger partial charge on any atom is -0.497 e. The third-order valence-electron chi connectivity index (χ3n) is 6.65. The first-order chi connectivity index (χ1) is 17.6. The summed E-state index contributed by atoms with van der Waals surface area (Å²) in [7, 11) is 4.89. The predicted molar refractivity (Wildman–Crippen MR) is 136 cm³/mol. The second-order valence-corrected chi connectivity index (χ2v) is 8.59. The molecular formula is C29H30N4O3. The van der Waals surface area contributed by atoms with Crippen molar-refractivity contribution in [1.29, 1.82) is 10.5 Å². The van der Waals surface area contributed by atoms with Crippen LogP contribution in [0.5, 0.6) is 17.2 Å². The molecule has 1 aliphatic rings. The molecule has 1 saturated heterocycles. The highest BCUT2D eigenvalue weighted by Crippen LogP contribution is 2.41. The van der Waals surface area contributed by atoms with Crippen molar-refractivity contribution >= 4 is 0 Å². The fourth-order valence-electron chi connectivity index (χ4n) is 4.82. The number of methoxy groups -OCH3 is 3. The number of nitriles is 2. The molecule has 36 heavy (non-hydrogen) atoms. The minimum atomic E-state index is -0.499. The molecule has 3 aromatic carbocycles. The van der Waals surface area contributed by atoms with Gasteiger partial charge in [-0.05, 0) is 59.5 Å². The summed E-state index contributed by atoms with van der Waals surface area (Å²) >= 11 is 0. The van der Waals surface area contributed by atoms with E-state index in [4.69, 9.17) is 14.2 Å². The Hall–Kier alpha value is -4.04. The molecule has 3 aromatic rings. The molecule has 0 saturated carbocycles. The average molecular weight is 483 g/mol. The highest BCUT2D eigenvalue weighted by Gasteiger charge is 2.39. The molecule has 7 nitrogen and oxygen atoms in total. The van der Waals surface area contributed by atoms with E-state index in [0.29, 0.717) is 0 Å². The standard InChI is InChI=1S/C29H30N4O3/c1-34-24-11-5-21(6-12-24)27(19-30)32-17-4-18-33(29(32)23-9-15-26(36-3)16-10-23)28(20-31)22-7-13-25(35-2)14-8-22/h5-16,27-29H,4,17-18H2,1-3H3/t27-,28-/m0/s1. The van der Waals surface area contributed by atoms with E-state index in [1.807, 2.05) is 72.8 Å². The van der Waals surface area contributed by atoms with Gasteiger partial charge in [0.05, 0.1) is 39.6 Å². The van der Waals surface area contributed by atoms with Gasteiger partial charge in [-0.25, -0.2) is 0 Å². The molecule has 0 aliphatic carbocycles. The van der Waals surface area contributed by atoms with Gasteiger partial charge < -0.3 is 14.2 Å². The fourth-order valence-corrected chi connectivity index (χ4v) is 4.82. The van der Waals surface area contributed by atoms with Gasteiger partial charge in [0, 0.05) is 13.1 Å². The van der Waals surface area contributed by atoms with E-state index >= 15 is 0 Å². The van der Waals surface area contributed by atoms with Crippen LogP contribution >= 0.6 is 0 Å². The van der Waals surface area contributed by atoms with Crippen LogP contribution < -0.4 is 14.2 Å². The van der Waals surface area contributed by atoms with Crippen LogP contribution in [-0.2, 0) is 0 Å². The zero-order valence-corrected chi connectivity index (χ0v) is 20.8. The van der Waals surface area contributed by atoms with Gasteiger partial charge >= 0.3 is 0 Å². The van der Waals surface area contributed by atoms with Crippen LogP contribution in [0.4, 0.5) is 0 Å². The smallest absolute Gasteiger partial charge is 0.125 e. The van der Waals surface area contributed by atoms with Crippen molar-refractivity contribution in [1.82, 2.24) is 9.80 Å². The van der Waals surface area contributed by atoms with E-state index in [-0.39, 0.29) is 6.17 Å². The van der Waals surface area contributed by atoms with E-state index < -0.39 is 12.1 Å². The van der Waals surface area contributed by atoms with Crippen LogP contribution in [-0.4, -0.2) is 44.2 Å². The maximum absolute atomic E-state index is 10.3. The van der Waals surface area contributed by atoms with Gasteiger partial charge in [0.15, 0.2) is 0 Å². The van der Waals surface area contributed by atoms with Crippen LogP contribution in [0.2, 0.25) is 0 Å². The molecule has 0 spiro atoms. The van der Waals surface area contributed by atoms with Gasteiger partial charge in [-0.15, -0.1) is 0 Å². The molecule has 0 aromatic heterocycles. The van der Waals surface area contributed by atoms with Crippen molar-refractivity contribution in [3.05, 3.63) is 89.5 Å². The zero-order valence-electron chi connectivity index (χ0n) is 20.8. The topological polar surface area (TPSA) is 81.8 Å². The third-order valence-corrected chi connectivity index (χ3v) is 6.65. The lowest BCUT2D eigenvalue weighted by atomic mass is 9.97. The van der Waals surface area contributed by atoms with E-state index in [2.05, 4.69) is 21.9 Å². The van der Waals surface area contributed by atoms with Crippen LogP contribution in [0.3, 0.4) is 0 Å². The van der Waals surface area contributed by atoms with Crippen molar-refractivity contribution < 1.29 is 14.2 Å². The van der Waals surface area contributed by atoms with Crippen LogP contribution in [0.25, 0.3) is 0 Å². The zero-order chi connectivity index (χ0) is 25.5. The number of hydrogen-bond acceptors (Lipinski definition) is 7. The van der Waals surface area contributed by atoms with Crippen molar-refractivity contribution in [3.8, 4) is 29.4 Å². The van der Waals surface area contributed by atoms with Gasteiger partial charge in [-0.3, -0.25) is 9.80 Å². The summed E-state index contributed by atoms with van der Waals surface area (Å²) in [5.74, 6) is 2.24. The quantitative estimate of drug-likeness (QED) is 0.434. The first-order valence-electron chi connectivity index (χ1n) is 11.9. The van der Waals surface area contributed by atoms with Crippen molar-refractivity contribution in [2.24, 2.45) is 0 Å². The van der Waals surface area contributed by atoms with Gasteiger partial charge in [-0.1, -0.05) is 36.4 Å². The lowest BCUT2D eigenvalue weighted by molar-refractivity contribution is -0.0287. The van der Waals surface area contributed by atoms with Crippen LogP contribution in [0.1, 0.15) is 41.4 Å². The number of nitrogens with zero attached hydrogens (tertiary/aromatic N) is 4. The van der Waals surface area contributed by atoms with Crippen molar-refractivity contribution in [2.45, 2.75) is 24.7 Å². The molecule has 184 valence electrons. The van der Waals surface area contributed by atoms with Gasteiger partial charge in [0.1, 0.15) is 29.3 Å². The Kier molecular flexibility index (Phi) is 8.07. The summed E-state index contributed by atoms with van der Waals surface area (Å²) in [6.07, 6.45) is 0.540. The van der Waals surface area contributed by atoms with E-state index in [1.54, 1.807) is 21.3 Å². The number of hydrogen-bond donors (Lipinski definition) is 0. The Morgan fingerprint density at radius 1 is 0.639 bits per heavy atom. The molecule has 0 bridgehead atoms. The van der Waals surface area contributed by atoms with Crippen molar-refractivity contribution in [2.75, 3.05) is 34.4 Å². The molecule has 7 heteroatoms. The Morgan fingerprint density at radius 2 is 1.00 bits per heavy atom. The Bertz CT molecular complexity index is 1140. The first kappa shape index (κ1) is 25.1. The third kappa shape index (κ3) is 5.13. The van der Waals surface area contributed by atoms with Crippen LogP contribution in [0.15, 0.2) is 72.8 Å². The normalized spacial score (nSPS) is 16.4. The highest BCUT2D eigenvalue weighted by atomic mass is 16.5. The van der Waals surface area contributed by atoms with Crippen molar-refractivity contribution in [3.63, 3.8) is 0 Å². The Morgan fingerprint density at radius 3 is 1.33 bits per heavy atom. The van der Waals surface area contributed by atoms with Gasteiger partial charge in [0.25, 0.3) is 0 Å². The molecule has 0 N–H and O–H groups in total. The molecule has 1 aliphatic heterocycles. The second-order valence-electron chi connectivity index (χ2n) is 8.59. The van der Waals surface area contributed by atoms with E-state index in [9.17, 15) is 10.5 Å². The molecule has 0 unspecified atom stereocenters. The lowest BCUT2D eigenvalue weighted by Gasteiger charge is -2.47. The van der Waals surface area contributed by atoms with Crippen LogP contribution in [0, 0.1) is 22.7 Å². The summed E-state index contributed by atoms with van der Waals surface area (Å²) in [6, 6.07) is 27.1. The summed E-state index contributed by atoms with van der Waals surface area (Å²) in [6.45, 7) is 1.44. The molecule has 1 fully saturated rings. The Balaban J connectivity index is 1.77. The number of ether oxygens (including phenoxy) is 3. The lowest BCUT2D eigenvalue weighted by Crippen LogP contribution is -2.49. The van der Waals surface area contributed by atoms with E-state index in [1.165, 1.54) is 0 Å². The second kappa shape index (κ2) is 11.6. The molecule has 4 rings (SSSR count). The highest BCUT2D eigenvalue weighted by molar-refractivity contribution is 5.36. The summed E-state index contributed by atoms with van der Waals surface area (Å²) in [4.78, 5) is 4.36. The molecule has 0 radical (unpaired) electrons. The summed E-state index contributed by atoms with van der Waals surface area (Å²) < 4.78 is 16.0. The molecule has 2 atom stereocenters. The number of rotatable bonds is 8. The largest absolute Gasteiger partial charge is 0.497 e. The maximum atomic E-state index is 10.3. The van der Waals surface area contributed by atoms with Gasteiger partial charge in [-0.2, -0.15) is 10.5 Å². The first-order valence-corrected chi connectivity index (χ1v) is 11.9. The summed E-state index contributed by atoms with van der Waals surface area (Å²) in [5.41, 5.74) is 2.77. The monoisotopic (exact) mass is 482 g/mol. The minimum absolute atomic E-state index is 0.289.